The molecule has 2 rings (SSSR count). The van der Waals surface area contributed by atoms with Crippen molar-refractivity contribution in [2.45, 2.75) is 39.8 Å². The highest BCUT2D eigenvalue weighted by Gasteiger charge is 2.25. The first-order chi connectivity index (χ1) is 8.08. The molecule has 1 aromatic rings. The third kappa shape index (κ3) is 2.80. The van der Waals surface area contributed by atoms with Gasteiger partial charge in [-0.3, -0.25) is 0 Å². The minimum atomic E-state index is 0.271. The van der Waals surface area contributed by atoms with E-state index >= 15 is 0 Å². The Morgan fingerprint density at radius 3 is 2.94 bits per heavy atom. The number of piperidine rings is 1. The SMILES string of the molecule is CC(C)Cn1ccnc1N1CCC(C)C(N)C1. The fraction of sp³-hybridized carbons (Fsp3) is 0.769. The lowest BCUT2D eigenvalue weighted by atomic mass is 9.94. The first-order valence-electron chi connectivity index (χ1n) is 6.59. The lowest BCUT2D eigenvalue weighted by Crippen LogP contribution is -2.48. The van der Waals surface area contributed by atoms with Crippen molar-refractivity contribution in [3.63, 3.8) is 0 Å². The molecule has 2 N–H and O–H groups in total. The first kappa shape index (κ1) is 12.4. The molecular formula is C13H24N4. The summed E-state index contributed by atoms with van der Waals surface area (Å²) in [5.41, 5.74) is 6.15. The predicted molar refractivity (Wildman–Crippen MR) is 71.0 cm³/mol. The maximum atomic E-state index is 6.15. The molecule has 0 aromatic carbocycles. The van der Waals surface area contributed by atoms with Gasteiger partial charge in [-0.1, -0.05) is 20.8 Å². The van der Waals surface area contributed by atoms with Gasteiger partial charge in [0.05, 0.1) is 0 Å². The number of hydrogen-bond donors (Lipinski definition) is 1. The van der Waals surface area contributed by atoms with Crippen molar-refractivity contribution in [1.29, 1.82) is 0 Å². The molecule has 0 amide bonds. The molecule has 1 fully saturated rings. The zero-order chi connectivity index (χ0) is 12.4. The third-order valence-electron chi connectivity index (χ3n) is 3.55. The third-order valence-corrected chi connectivity index (χ3v) is 3.55. The minimum absolute atomic E-state index is 0.271. The summed E-state index contributed by atoms with van der Waals surface area (Å²) in [5, 5.41) is 0. The van der Waals surface area contributed by atoms with Crippen LogP contribution in [0, 0.1) is 11.8 Å². The van der Waals surface area contributed by atoms with Gasteiger partial charge in [0.2, 0.25) is 5.95 Å². The molecule has 0 radical (unpaired) electrons. The van der Waals surface area contributed by atoms with E-state index < -0.39 is 0 Å². The van der Waals surface area contributed by atoms with E-state index in [-0.39, 0.29) is 6.04 Å². The number of nitrogens with two attached hydrogens (primary N) is 1. The Morgan fingerprint density at radius 2 is 2.29 bits per heavy atom. The summed E-state index contributed by atoms with van der Waals surface area (Å²) in [6.07, 6.45) is 5.12. The number of anilines is 1. The van der Waals surface area contributed by atoms with E-state index in [1.54, 1.807) is 0 Å². The molecule has 2 atom stereocenters. The molecule has 0 spiro atoms. The molecule has 4 heteroatoms. The van der Waals surface area contributed by atoms with Crippen LogP contribution >= 0.6 is 0 Å². The quantitative estimate of drug-likeness (QED) is 0.869. The van der Waals surface area contributed by atoms with Crippen LogP contribution < -0.4 is 10.6 Å². The van der Waals surface area contributed by atoms with Crippen molar-refractivity contribution in [3.8, 4) is 0 Å². The second-order valence-corrected chi connectivity index (χ2v) is 5.65. The van der Waals surface area contributed by atoms with E-state index in [1.807, 2.05) is 6.20 Å². The highest BCUT2D eigenvalue weighted by molar-refractivity contribution is 5.32. The molecule has 1 aromatic heterocycles. The van der Waals surface area contributed by atoms with Crippen molar-refractivity contribution >= 4 is 5.95 Å². The van der Waals surface area contributed by atoms with E-state index in [0.29, 0.717) is 11.8 Å². The zero-order valence-corrected chi connectivity index (χ0v) is 11.1. The van der Waals surface area contributed by atoms with E-state index in [9.17, 15) is 0 Å². The summed E-state index contributed by atoms with van der Waals surface area (Å²) in [5.74, 6) is 2.35. The normalized spacial score (nSPS) is 25.6. The van der Waals surface area contributed by atoms with Crippen molar-refractivity contribution in [2.75, 3.05) is 18.0 Å². The molecule has 1 aliphatic rings. The summed E-state index contributed by atoms with van der Waals surface area (Å²) in [4.78, 5) is 6.81. The zero-order valence-electron chi connectivity index (χ0n) is 11.1. The molecule has 0 saturated carbocycles. The van der Waals surface area contributed by atoms with Crippen molar-refractivity contribution in [2.24, 2.45) is 17.6 Å². The highest BCUT2D eigenvalue weighted by atomic mass is 15.3. The molecule has 0 aliphatic carbocycles. The van der Waals surface area contributed by atoms with E-state index in [4.69, 9.17) is 5.73 Å². The van der Waals surface area contributed by atoms with Crippen LogP contribution in [-0.4, -0.2) is 28.7 Å². The van der Waals surface area contributed by atoms with Gasteiger partial charge >= 0.3 is 0 Å². The van der Waals surface area contributed by atoms with Gasteiger partial charge in [-0.25, -0.2) is 4.98 Å². The van der Waals surface area contributed by atoms with Gasteiger partial charge in [-0.15, -0.1) is 0 Å². The number of aromatic nitrogens is 2. The molecular weight excluding hydrogens is 212 g/mol. The van der Waals surface area contributed by atoms with Crippen LogP contribution in [0.1, 0.15) is 27.2 Å². The van der Waals surface area contributed by atoms with Crippen LogP contribution in [0.25, 0.3) is 0 Å². The van der Waals surface area contributed by atoms with Gasteiger partial charge < -0.3 is 15.2 Å². The Bertz CT molecular complexity index is 358. The summed E-state index contributed by atoms with van der Waals surface area (Å²) in [6.45, 7) is 9.72. The molecule has 96 valence electrons. The Kier molecular flexibility index (Phi) is 3.72. The summed E-state index contributed by atoms with van der Waals surface area (Å²) < 4.78 is 2.24. The van der Waals surface area contributed by atoms with Crippen molar-refractivity contribution in [1.82, 2.24) is 9.55 Å². The average molecular weight is 236 g/mol. The molecule has 17 heavy (non-hydrogen) atoms. The number of rotatable bonds is 3. The second kappa shape index (κ2) is 5.08. The van der Waals surface area contributed by atoms with Gasteiger partial charge in [-0.05, 0) is 18.3 Å². The van der Waals surface area contributed by atoms with Crippen molar-refractivity contribution in [3.05, 3.63) is 12.4 Å². The number of hydrogen-bond acceptors (Lipinski definition) is 3. The smallest absolute Gasteiger partial charge is 0.205 e. The number of nitrogens with zero attached hydrogens (tertiary/aromatic N) is 3. The van der Waals surface area contributed by atoms with Gasteiger partial charge in [-0.2, -0.15) is 0 Å². The van der Waals surface area contributed by atoms with Crippen molar-refractivity contribution < 1.29 is 0 Å². The topological polar surface area (TPSA) is 47.1 Å². The molecule has 4 nitrogen and oxygen atoms in total. The summed E-state index contributed by atoms with van der Waals surface area (Å²) in [6, 6.07) is 0.271. The van der Waals surface area contributed by atoms with Gasteiger partial charge in [0.25, 0.3) is 0 Å². The fourth-order valence-corrected chi connectivity index (χ4v) is 2.40. The van der Waals surface area contributed by atoms with Gasteiger partial charge in [0.1, 0.15) is 0 Å². The second-order valence-electron chi connectivity index (χ2n) is 5.65. The van der Waals surface area contributed by atoms with Crippen LogP contribution in [0.2, 0.25) is 0 Å². The van der Waals surface area contributed by atoms with E-state index in [1.165, 1.54) is 0 Å². The lowest BCUT2D eigenvalue weighted by molar-refractivity contribution is 0.372. The van der Waals surface area contributed by atoms with Crippen LogP contribution in [0.15, 0.2) is 12.4 Å². The molecule has 0 bridgehead atoms. The Balaban J connectivity index is 2.09. The van der Waals surface area contributed by atoms with E-state index in [2.05, 4.69) is 41.4 Å². The molecule has 2 unspecified atom stereocenters. The van der Waals surface area contributed by atoms with Gasteiger partial charge in [0.15, 0.2) is 0 Å². The Hall–Kier alpha value is -1.03. The van der Waals surface area contributed by atoms with Crippen LogP contribution in [0.3, 0.4) is 0 Å². The predicted octanol–water partition coefficient (Wildman–Crippen LogP) is 1.71. The minimum Gasteiger partial charge on any atom is -0.341 e. The summed E-state index contributed by atoms with van der Waals surface area (Å²) >= 11 is 0. The number of imidazole rings is 1. The van der Waals surface area contributed by atoms with Gasteiger partial charge in [0, 0.05) is 38.1 Å². The monoisotopic (exact) mass is 236 g/mol. The summed E-state index contributed by atoms with van der Waals surface area (Å²) in [7, 11) is 0. The molecule has 2 heterocycles. The van der Waals surface area contributed by atoms with Crippen LogP contribution in [0.4, 0.5) is 5.95 Å². The maximum absolute atomic E-state index is 6.15. The molecule has 1 aliphatic heterocycles. The molecule has 1 saturated heterocycles. The Labute approximate surface area is 104 Å². The maximum Gasteiger partial charge on any atom is 0.205 e. The van der Waals surface area contributed by atoms with E-state index in [0.717, 1.165) is 32.0 Å². The standard InChI is InChI=1S/C13H24N4/c1-10(2)8-17-7-5-15-13(17)16-6-4-11(3)12(14)9-16/h5,7,10-12H,4,6,8-9,14H2,1-3H3. The average Bonchev–Trinajstić information content (AvgIpc) is 2.69. The van der Waals surface area contributed by atoms with Crippen LogP contribution in [0.5, 0.6) is 0 Å². The lowest BCUT2D eigenvalue weighted by Gasteiger charge is -2.36. The first-order valence-corrected chi connectivity index (χ1v) is 6.59. The van der Waals surface area contributed by atoms with Crippen LogP contribution in [-0.2, 0) is 6.54 Å². The highest BCUT2D eigenvalue weighted by Crippen LogP contribution is 2.21. The largest absolute Gasteiger partial charge is 0.341 e. The fourth-order valence-electron chi connectivity index (χ4n) is 2.40. The Morgan fingerprint density at radius 1 is 1.53 bits per heavy atom.